The molecule has 0 radical (unpaired) electrons. The van der Waals surface area contributed by atoms with Crippen molar-refractivity contribution in [3.63, 3.8) is 0 Å². The van der Waals surface area contributed by atoms with Gasteiger partial charge in [0.25, 0.3) is 0 Å². The number of quaternary nitrogens is 1. The van der Waals surface area contributed by atoms with Crippen LogP contribution in [0.3, 0.4) is 0 Å². The van der Waals surface area contributed by atoms with E-state index >= 15 is 0 Å². The van der Waals surface area contributed by atoms with Gasteiger partial charge >= 0.3 is 0 Å². The van der Waals surface area contributed by atoms with Gasteiger partial charge in [-0.25, -0.2) is 4.68 Å². The van der Waals surface area contributed by atoms with Gasteiger partial charge in [0.15, 0.2) is 0 Å². The lowest BCUT2D eigenvalue weighted by molar-refractivity contribution is -0.945. The molecule has 3 N–H and O–H groups in total. The third kappa shape index (κ3) is 3.88. The molecule has 4 fully saturated rings. The fourth-order valence-electron chi connectivity index (χ4n) is 5.27. The van der Waals surface area contributed by atoms with E-state index in [0.29, 0.717) is 25.1 Å². The Hall–Kier alpha value is -1.51. The van der Waals surface area contributed by atoms with E-state index in [9.17, 15) is 9.90 Å². The second-order valence-corrected chi connectivity index (χ2v) is 8.55. The van der Waals surface area contributed by atoms with Crippen LogP contribution in [0.2, 0.25) is 0 Å². The van der Waals surface area contributed by atoms with Crippen LogP contribution < -0.4 is 10.2 Å². The van der Waals surface area contributed by atoms with Crippen LogP contribution in [0.4, 0.5) is 0 Å². The van der Waals surface area contributed by atoms with Gasteiger partial charge in [-0.1, -0.05) is 18.1 Å². The van der Waals surface area contributed by atoms with Crippen LogP contribution in [0.5, 0.6) is 0 Å². The van der Waals surface area contributed by atoms with Gasteiger partial charge in [0, 0.05) is 26.5 Å². The fraction of sp³-hybridized carbons (Fsp3) is 0.842. The van der Waals surface area contributed by atoms with Gasteiger partial charge < -0.3 is 20.1 Å². The summed E-state index contributed by atoms with van der Waals surface area (Å²) >= 11 is 0. The Morgan fingerprint density at radius 2 is 2.30 bits per heavy atom. The van der Waals surface area contributed by atoms with Crippen LogP contribution in [0.15, 0.2) is 6.20 Å². The molecule has 2 bridgehead atoms. The number of piperidine rings is 3. The number of ether oxygens (including phenoxy) is 1. The summed E-state index contributed by atoms with van der Waals surface area (Å²) in [5.74, 6) is 0.753. The molecule has 4 aliphatic rings. The zero-order valence-electron chi connectivity index (χ0n) is 16.2. The van der Waals surface area contributed by atoms with Crippen LogP contribution in [0.1, 0.15) is 44.2 Å². The van der Waals surface area contributed by atoms with Crippen molar-refractivity contribution in [2.75, 3.05) is 33.4 Å². The summed E-state index contributed by atoms with van der Waals surface area (Å²) in [6.07, 6.45) is 7.79. The number of carbonyl (C=O) groups excluding carboxylic acids is 1. The minimum Gasteiger partial charge on any atom is -0.383 e. The summed E-state index contributed by atoms with van der Waals surface area (Å²) in [5, 5.41) is 22.3. The number of methoxy groups -OCH3 is 1. The third-order valence-corrected chi connectivity index (χ3v) is 6.85. The molecule has 3 saturated heterocycles. The smallest absolute Gasteiger partial charge is 0.229 e. The quantitative estimate of drug-likeness (QED) is 0.535. The summed E-state index contributed by atoms with van der Waals surface area (Å²) < 4.78 is 6.92. The number of hydrogen-bond donors (Lipinski definition) is 3. The van der Waals surface area contributed by atoms with E-state index in [1.807, 2.05) is 10.9 Å². The van der Waals surface area contributed by atoms with E-state index in [-0.39, 0.29) is 11.8 Å². The normalized spacial score (nSPS) is 31.9. The number of nitrogens with one attached hydrogen (secondary N) is 2. The number of nitrogens with zero attached hydrogens (tertiary/aromatic N) is 3. The molecule has 150 valence electrons. The van der Waals surface area contributed by atoms with Crippen molar-refractivity contribution in [3.05, 3.63) is 11.9 Å². The van der Waals surface area contributed by atoms with Crippen LogP contribution in [0, 0.1) is 11.8 Å². The molecule has 8 heteroatoms. The molecule has 1 saturated carbocycles. The Bertz CT molecular complexity index is 658. The summed E-state index contributed by atoms with van der Waals surface area (Å²) in [6.45, 7) is 3.99. The van der Waals surface area contributed by atoms with E-state index in [0.717, 1.165) is 63.9 Å². The first kappa shape index (κ1) is 18.8. The van der Waals surface area contributed by atoms with Crippen molar-refractivity contribution >= 4 is 5.91 Å². The van der Waals surface area contributed by atoms with Gasteiger partial charge in [-0.2, -0.15) is 0 Å². The molecular formula is C19H32N5O3+. The minimum absolute atomic E-state index is 0.118. The first-order chi connectivity index (χ1) is 13.1. The molecule has 27 heavy (non-hydrogen) atoms. The number of carbonyl (C=O) groups is 1. The van der Waals surface area contributed by atoms with Gasteiger partial charge in [0.1, 0.15) is 17.3 Å². The molecule has 8 nitrogen and oxygen atoms in total. The summed E-state index contributed by atoms with van der Waals surface area (Å²) in [5.41, 5.74) is -0.0520. The summed E-state index contributed by atoms with van der Waals surface area (Å²) in [6, 6.07) is 0.472. The van der Waals surface area contributed by atoms with E-state index in [2.05, 4.69) is 15.6 Å². The highest BCUT2D eigenvalue weighted by molar-refractivity contribution is 5.79. The topological polar surface area (TPSA) is 93.7 Å². The van der Waals surface area contributed by atoms with Crippen LogP contribution >= 0.6 is 0 Å². The lowest BCUT2D eigenvalue weighted by atomic mass is 9.75. The van der Waals surface area contributed by atoms with Crippen LogP contribution in [-0.4, -0.2) is 65.4 Å². The van der Waals surface area contributed by atoms with Crippen molar-refractivity contribution in [3.8, 4) is 0 Å². The number of aliphatic hydroxyl groups is 1. The maximum absolute atomic E-state index is 12.5. The first-order valence-electron chi connectivity index (χ1n) is 10.3. The number of hydrogen-bond acceptors (Lipinski definition) is 5. The Labute approximate surface area is 160 Å². The number of aromatic nitrogens is 3. The molecule has 1 aromatic heterocycles. The van der Waals surface area contributed by atoms with Crippen molar-refractivity contribution in [2.24, 2.45) is 11.8 Å². The van der Waals surface area contributed by atoms with E-state index in [1.54, 1.807) is 7.11 Å². The highest BCUT2D eigenvalue weighted by atomic mass is 16.5. The van der Waals surface area contributed by atoms with Crippen LogP contribution in [-0.2, 0) is 21.7 Å². The van der Waals surface area contributed by atoms with Gasteiger partial charge in [-0.15, -0.1) is 5.10 Å². The predicted octanol–water partition coefficient (Wildman–Crippen LogP) is -0.904. The zero-order valence-corrected chi connectivity index (χ0v) is 16.2. The second kappa shape index (κ2) is 7.85. The largest absolute Gasteiger partial charge is 0.383 e. The highest BCUT2D eigenvalue weighted by Crippen LogP contribution is 2.37. The Morgan fingerprint density at radius 1 is 1.48 bits per heavy atom. The minimum atomic E-state index is -0.775. The van der Waals surface area contributed by atoms with E-state index in [1.165, 1.54) is 4.90 Å². The molecule has 0 aromatic carbocycles. The maximum atomic E-state index is 12.5. The van der Waals surface area contributed by atoms with Crippen molar-refractivity contribution in [2.45, 2.75) is 56.7 Å². The fourth-order valence-corrected chi connectivity index (χ4v) is 5.27. The zero-order chi connectivity index (χ0) is 18.9. The highest BCUT2D eigenvalue weighted by Gasteiger charge is 2.46. The Kier molecular flexibility index (Phi) is 5.48. The van der Waals surface area contributed by atoms with Gasteiger partial charge in [-0.3, -0.25) is 4.79 Å². The van der Waals surface area contributed by atoms with Crippen molar-refractivity contribution < 1.29 is 19.5 Å². The molecule has 1 unspecified atom stereocenters. The molecule has 1 aromatic rings. The lowest BCUT2D eigenvalue weighted by Crippen LogP contribution is -3.20. The number of fused-ring (bicyclic) bond motifs is 3. The maximum Gasteiger partial charge on any atom is 0.229 e. The monoisotopic (exact) mass is 378 g/mol. The van der Waals surface area contributed by atoms with E-state index < -0.39 is 5.60 Å². The standard InChI is InChI=1S/C19H31N5O3/c1-27-9-7-20-18(25)16-12-23-8-4-14(16)10-15(23)11-24-13-17(21-22-24)19(26)5-2-3-6-19/h13-16,26H,2-12H2,1H3,(H,20,25)/p+1/t14-,15+,16-/m0/s1. The molecule has 1 amide bonds. The first-order valence-corrected chi connectivity index (χ1v) is 10.3. The van der Waals surface area contributed by atoms with Crippen molar-refractivity contribution in [1.82, 2.24) is 20.3 Å². The van der Waals surface area contributed by atoms with E-state index in [4.69, 9.17) is 4.74 Å². The van der Waals surface area contributed by atoms with Gasteiger partial charge in [0.2, 0.25) is 5.91 Å². The molecular weight excluding hydrogens is 346 g/mol. The molecule has 4 atom stereocenters. The van der Waals surface area contributed by atoms with Crippen LogP contribution in [0.25, 0.3) is 0 Å². The average molecular weight is 378 g/mol. The molecule has 0 spiro atoms. The summed E-state index contributed by atoms with van der Waals surface area (Å²) in [7, 11) is 1.65. The summed E-state index contributed by atoms with van der Waals surface area (Å²) in [4.78, 5) is 14.0. The molecule has 1 aliphatic carbocycles. The Balaban J connectivity index is 1.34. The lowest BCUT2D eigenvalue weighted by Gasteiger charge is -2.46. The molecule has 5 rings (SSSR count). The van der Waals surface area contributed by atoms with Gasteiger partial charge in [0.05, 0.1) is 38.4 Å². The average Bonchev–Trinajstić information content (AvgIpc) is 3.32. The number of rotatable bonds is 7. The third-order valence-electron chi connectivity index (χ3n) is 6.85. The SMILES string of the molecule is COCCNC(=O)[C@H]1C[NH+]2CC[C@H]1C[C@@H]2Cn1cc(C2(O)CCCC2)nn1. The Morgan fingerprint density at radius 3 is 3.00 bits per heavy atom. The predicted molar refractivity (Wildman–Crippen MR) is 98.0 cm³/mol. The van der Waals surface area contributed by atoms with Gasteiger partial charge in [-0.05, 0) is 18.8 Å². The number of amides is 1. The molecule has 3 aliphatic heterocycles. The molecule has 4 heterocycles. The second-order valence-electron chi connectivity index (χ2n) is 8.55. The van der Waals surface area contributed by atoms with Crippen molar-refractivity contribution in [1.29, 1.82) is 0 Å².